The molecule has 0 aliphatic heterocycles. The van der Waals surface area contributed by atoms with Gasteiger partial charge in [-0.2, -0.15) is 0 Å². The Labute approximate surface area is 178 Å². The van der Waals surface area contributed by atoms with Crippen molar-refractivity contribution in [3.63, 3.8) is 0 Å². The van der Waals surface area contributed by atoms with Gasteiger partial charge >= 0.3 is 11.9 Å². The van der Waals surface area contributed by atoms with Crippen LogP contribution >= 0.6 is 0 Å². The molecule has 152 valence electrons. The normalized spacial score (nSPS) is 10.1. The largest absolute Gasteiger partial charge is 0.481 e. The van der Waals surface area contributed by atoms with Crippen LogP contribution in [0.3, 0.4) is 0 Å². The van der Waals surface area contributed by atoms with E-state index < -0.39 is 11.9 Å². The summed E-state index contributed by atoms with van der Waals surface area (Å²) in [6.07, 6.45) is 23.4. The molecule has 0 rings (SSSR count). The van der Waals surface area contributed by atoms with E-state index in [0.29, 0.717) is 6.42 Å². The quantitative estimate of drug-likeness (QED) is 0.110. The van der Waals surface area contributed by atoms with Crippen LogP contribution in [0.2, 0.25) is 0 Å². The number of esters is 1. The van der Waals surface area contributed by atoms with Crippen molar-refractivity contribution in [2.24, 2.45) is 0 Å². The smallest absolute Gasteiger partial charge is 0.329 e. The van der Waals surface area contributed by atoms with Gasteiger partial charge in [-0.1, -0.05) is 69.9 Å². The maximum absolute atomic E-state index is 10.3. The summed E-state index contributed by atoms with van der Waals surface area (Å²) in [4.78, 5) is 20.2. The number of carboxylic acid groups (broad SMARTS) is 1. The number of aliphatic carboxylic acids is 1. The minimum Gasteiger partial charge on any atom is -0.481 e. The predicted octanol–water partition coefficient (Wildman–Crippen LogP) is 6.23. The van der Waals surface area contributed by atoms with Crippen molar-refractivity contribution in [2.75, 3.05) is 7.11 Å². The third kappa shape index (κ3) is 32.9. The van der Waals surface area contributed by atoms with E-state index in [9.17, 15) is 9.59 Å². The van der Waals surface area contributed by atoms with Crippen molar-refractivity contribution in [2.45, 2.75) is 84.0 Å². The topological polar surface area (TPSA) is 63.6 Å². The number of ether oxygens (including phenoxy) is 1. The Kier molecular flexibility index (Phi) is 30.5. The number of hydrogen-bond donors (Lipinski definition) is 1. The summed E-state index contributed by atoms with van der Waals surface area (Å²) in [6.45, 7) is 5.39. The van der Waals surface area contributed by atoms with E-state index in [1.807, 2.05) is 0 Å². The first-order valence-corrected chi connectivity index (χ1v) is 9.80. The van der Waals surface area contributed by atoms with Gasteiger partial charge in [0.15, 0.2) is 0 Å². The van der Waals surface area contributed by atoms with Crippen molar-refractivity contribution in [3.05, 3.63) is 37.0 Å². The Morgan fingerprint density at radius 2 is 1.41 bits per heavy atom. The molecule has 0 aliphatic rings. The second kappa shape index (κ2) is 27.0. The third-order valence-corrected chi connectivity index (χ3v) is 3.71. The van der Waals surface area contributed by atoms with Gasteiger partial charge in [-0.05, 0) is 38.5 Å². The average Bonchev–Trinajstić information content (AvgIpc) is 2.64. The van der Waals surface area contributed by atoms with Crippen LogP contribution in [0, 0.1) is 0 Å². The molecule has 0 spiro atoms. The molecule has 0 aromatic heterocycles. The number of methoxy groups -OCH3 is 1. The number of unbranched alkanes of at least 4 members (excludes halogenated alkanes) is 8. The zero-order chi connectivity index (χ0) is 19.9. The fraction of sp³-hybridized carbons (Fsp3) is 0.636. The first kappa shape index (κ1) is 30.5. The summed E-state index contributed by atoms with van der Waals surface area (Å²) in [7, 11) is 1.31. The molecule has 0 bridgehead atoms. The Hall–Kier alpha value is -1.22. The molecule has 0 saturated heterocycles. The number of carbonyl (C=O) groups is 2. The fourth-order valence-electron chi connectivity index (χ4n) is 2.17. The second-order valence-electron chi connectivity index (χ2n) is 6.10. The minimum absolute atomic E-state index is 0. The molecule has 0 atom stereocenters. The van der Waals surface area contributed by atoms with Gasteiger partial charge in [-0.3, -0.25) is 4.79 Å². The van der Waals surface area contributed by atoms with Crippen LogP contribution in [0.5, 0.6) is 0 Å². The molecule has 0 aromatic carbocycles. The minimum atomic E-state index is -0.671. The molecule has 0 heterocycles. The molecule has 1 N–H and O–H groups in total. The van der Waals surface area contributed by atoms with E-state index in [1.54, 1.807) is 0 Å². The maximum atomic E-state index is 10.3. The molecule has 4 nitrogen and oxygen atoms in total. The van der Waals surface area contributed by atoms with Gasteiger partial charge in [0.1, 0.15) is 0 Å². The molecular weight excluding hydrogens is 394 g/mol. The molecule has 0 amide bonds. The summed E-state index contributed by atoms with van der Waals surface area (Å²) in [5, 5.41) is 8.50. The molecule has 0 aromatic rings. The number of carboxylic acids is 1. The van der Waals surface area contributed by atoms with Gasteiger partial charge < -0.3 is 9.84 Å². The van der Waals surface area contributed by atoms with Crippen molar-refractivity contribution in [3.8, 4) is 0 Å². The van der Waals surface area contributed by atoms with Crippen LogP contribution in [-0.4, -0.2) is 24.2 Å². The maximum Gasteiger partial charge on any atom is 0.329 e. The molecule has 0 unspecified atom stereocenters. The zero-order valence-electron chi connectivity index (χ0n) is 17.5. The van der Waals surface area contributed by atoms with E-state index >= 15 is 0 Å². The van der Waals surface area contributed by atoms with Gasteiger partial charge in [-0.15, -0.1) is 0 Å². The van der Waals surface area contributed by atoms with Crippen LogP contribution in [0.25, 0.3) is 0 Å². The summed E-state index contributed by atoms with van der Waals surface area (Å²) in [5.74, 6) is -1.06. The van der Waals surface area contributed by atoms with E-state index in [4.69, 9.17) is 5.11 Å². The fourth-order valence-corrected chi connectivity index (χ4v) is 2.17. The van der Waals surface area contributed by atoms with E-state index in [0.717, 1.165) is 31.8 Å². The van der Waals surface area contributed by atoms with Crippen LogP contribution in [0.4, 0.5) is 0 Å². The van der Waals surface area contributed by atoms with Crippen molar-refractivity contribution >= 4 is 11.9 Å². The van der Waals surface area contributed by atoms with Crippen LogP contribution in [-0.2, 0) is 33.8 Å². The van der Waals surface area contributed by atoms with Crippen LogP contribution in [0.15, 0.2) is 37.0 Å². The molecule has 0 radical (unpaired) electrons. The molecule has 0 aliphatic carbocycles. The molecular formula is C22H38O4Zn. The number of hydrogen-bond acceptors (Lipinski definition) is 3. The van der Waals surface area contributed by atoms with Crippen LogP contribution in [0.1, 0.15) is 84.0 Å². The summed E-state index contributed by atoms with van der Waals surface area (Å²) >= 11 is 0. The van der Waals surface area contributed by atoms with E-state index in [1.165, 1.54) is 52.1 Å². The monoisotopic (exact) mass is 430 g/mol. The van der Waals surface area contributed by atoms with E-state index in [2.05, 4.69) is 42.5 Å². The predicted molar refractivity (Wildman–Crippen MR) is 109 cm³/mol. The van der Waals surface area contributed by atoms with Gasteiger partial charge in [-0.25, -0.2) is 4.79 Å². The number of rotatable bonds is 15. The van der Waals surface area contributed by atoms with Crippen molar-refractivity contribution in [1.29, 1.82) is 0 Å². The Morgan fingerprint density at radius 1 is 0.889 bits per heavy atom. The summed E-state index contributed by atoms with van der Waals surface area (Å²) in [5.41, 5.74) is 0. The average molecular weight is 432 g/mol. The van der Waals surface area contributed by atoms with Gasteiger partial charge in [0.25, 0.3) is 0 Å². The van der Waals surface area contributed by atoms with Gasteiger partial charge in [0.05, 0.1) is 7.11 Å². The Morgan fingerprint density at radius 3 is 1.85 bits per heavy atom. The van der Waals surface area contributed by atoms with Crippen molar-refractivity contribution < 1.29 is 38.9 Å². The first-order valence-electron chi connectivity index (χ1n) is 9.80. The molecule has 0 fully saturated rings. The standard InChI is InChI=1S/C18H32O2.C4H6O2.Zn/c1-2-3-4-5-6-7-8-9-10-11-12-13-14-15-16-17-18(19)20;1-3-4(5)6-2;/h6-7,9-10H,2-5,8,11-17H2,1H3,(H,19,20);3H,1H2,2H3;/b7-6-,10-9-;;. The van der Waals surface area contributed by atoms with Gasteiger partial charge in [0.2, 0.25) is 0 Å². The Bertz CT molecular complexity index is 403. The Balaban J connectivity index is -0.000000709. The van der Waals surface area contributed by atoms with Gasteiger partial charge in [0, 0.05) is 32.0 Å². The molecule has 0 saturated carbocycles. The second-order valence-corrected chi connectivity index (χ2v) is 6.10. The van der Waals surface area contributed by atoms with Crippen molar-refractivity contribution in [1.82, 2.24) is 0 Å². The first-order chi connectivity index (χ1) is 12.6. The molecule has 5 heteroatoms. The molecule has 27 heavy (non-hydrogen) atoms. The summed E-state index contributed by atoms with van der Waals surface area (Å²) < 4.78 is 4.14. The van der Waals surface area contributed by atoms with E-state index in [-0.39, 0.29) is 19.5 Å². The number of carbonyl (C=O) groups excluding carboxylic acids is 1. The summed E-state index contributed by atoms with van der Waals surface area (Å²) in [6, 6.07) is 0. The zero-order valence-corrected chi connectivity index (χ0v) is 20.4. The SMILES string of the molecule is C=CC(=O)OC.CCCCC/C=C\C/C=C\CCCCCCCC(=O)O.[Zn]. The third-order valence-electron chi connectivity index (χ3n) is 3.71. The number of allylic oxidation sites excluding steroid dienone is 4. The van der Waals surface area contributed by atoms with Crippen LogP contribution < -0.4 is 0 Å².